The minimum atomic E-state index is -0.465. The molecule has 0 aliphatic rings. The summed E-state index contributed by atoms with van der Waals surface area (Å²) in [5, 5.41) is 9.35. The molecular formula is C17H25N5O4. The highest BCUT2D eigenvalue weighted by molar-refractivity contribution is 6.04. The average molecular weight is 363 g/mol. The molecule has 0 aliphatic heterocycles. The summed E-state index contributed by atoms with van der Waals surface area (Å²) in [6.45, 7) is 6.51. The molecule has 0 spiro atoms. The quantitative estimate of drug-likeness (QED) is 0.316. The van der Waals surface area contributed by atoms with Gasteiger partial charge in [-0.25, -0.2) is 14.5 Å². The van der Waals surface area contributed by atoms with Crippen molar-refractivity contribution in [2.45, 2.75) is 40.0 Å². The summed E-state index contributed by atoms with van der Waals surface area (Å²) < 4.78 is 17.2. The Morgan fingerprint density at radius 3 is 2.65 bits per heavy atom. The van der Waals surface area contributed by atoms with E-state index < -0.39 is 5.97 Å². The van der Waals surface area contributed by atoms with Gasteiger partial charge in [-0.15, -0.1) is 0 Å². The molecule has 9 heteroatoms. The first-order chi connectivity index (χ1) is 12.5. The molecule has 0 saturated heterocycles. The van der Waals surface area contributed by atoms with Crippen LogP contribution in [0, 0.1) is 0 Å². The summed E-state index contributed by atoms with van der Waals surface area (Å²) in [4.78, 5) is 16.6. The highest BCUT2D eigenvalue weighted by atomic mass is 16.7. The summed E-state index contributed by atoms with van der Waals surface area (Å²) in [5.74, 6) is -0.465. The van der Waals surface area contributed by atoms with E-state index in [9.17, 15) is 4.79 Å². The van der Waals surface area contributed by atoms with E-state index in [0.717, 1.165) is 5.71 Å². The maximum atomic E-state index is 12.3. The van der Waals surface area contributed by atoms with E-state index in [0.29, 0.717) is 35.2 Å². The lowest BCUT2D eigenvalue weighted by molar-refractivity contribution is -0.0958. The van der Waals surface area contributed by atoms with Gasteiger partial charge in [0.2, 0.25) is 0 Å². The van der Waals surface area contributed by atoms with Crippen LogP contribution in [0.4, 0.5) is 5.69 Å². The van der Waals surface area contributed by atoms with E-state index in [4.69, 9.17) is 14.2 Å². The topological polar surface area (TPSA) is 99.9 Å². The van der Waals surface area contributed by atoms with Crippen molar-refractivity contribution in [3.63, 3.8) is 0 Å². The standard InChI is InChI=1S/C17H25N5O4/c1-6-22-16-12(10-19-22)15(13(9-18-16)17(23)26-7-2)21-20-11(3)8-14(24-4)25-5/h9-10,14H,6-8H2,1-5H3,(H,18,21). The molecule has 0 bridgehead atoms. The molecule has 142 valence electrons. The van der Waals surface area contributed by atoms with Crippen molar-refractivity contribution in [2.75, 3.05) is 26.3 Å². The number of rotatable bonds is 9. The number of aryl methyl sites for hydroxylation is 1. The number of carbonyl (C=O) groups excluding carboxylic acids is 1. The molecule has 0 saturated carbocycles. The smallest absolute Gasteiger partial charge is 0.341 e. The van der Waals surface area contributed by atoms with Crippen LogP contribution in [0.2, 0.25) is 0 Å². The summed E-state index contributed by atoms with van der Waals surface area (Å²) in [7, 11) is 3.14. The Morgan fingerprint density at radius 2 is 2.04 bits per heavy atom. The maximum absolute atomic E-state index is 12.3. The van der Waals surface area contributed by atoms with Crippen LogP contribution in [0.5, 0.6) is 0 Å². The minimum absolute atomic E-state index is 0.274. The molecule has 0 aliphatic carbocycles. The number of hydrogen-bond donors (Lipinski definition) is 1. The molecule has 2 heterocycles. The summed E-state index contributed by atoms with van der Waals surface area (Å²) in [6.07, 6.45) is 3.24. The highest BCUT2D eigenvalue weighted by Crippen LogP contribution is 2.26. The molecule has 1 N–H and O–H groups in total. The van der Waals surface area contributed by atoms with Gasteiger partial charge in [0.1, 0.15) is 5.56 Å². The van der Waals surface area contributed by atoms with Crippen LogP contribution in [-0.2, 0) is 20.8 Å². The Morgan fingerprint density at radius 1 is 1.31 bits per heavy atom. The molecule has 2 aromatic heterocycles. The van der Waals surface area contributed by atoms with Crippen LogP contribution in [-0.4, -0.2) is 53.6 Å². The van der Waals surface area contributed by atoms with Crippen LogP contribution in [0.25, 0.3) is 11.0 Å². The van der Waals surface area contributed by atoms with Crippen LogP contribution in [0.1, 0.15) is 37.6 Å². The molecule has 0 atom stereocenters. The highest BCUT2D eigenvalue weighted by Gasteiger charge is 2.19. The summed E-state index contributed by atoms with van der Waals surface area (Å²) >= 11 is 0. The zero-order chi connectivity index (χ0) is 19.1. The van der Waals surface area contributed by atoms with Crippen molar-refractivity contribution in [1.29, 1.82) is 0 Å². The number of carbonyl (C=O) groups is 1. The third kappa shape index (κ3) is 4.36. The number of esters is 1. The number of hydrazone groups is 1. The molecule has 0 radical (unpaired) electrons. The van der Waals surface area contributed by atoms with Gasteiger partial charge in [-0.2, -0.15) is 10.2 Å². The van der Waals surface area contributed by atoms with Gasteiger partial charge in [-0.1, -0.05) is 0 Å². The first kappa shape index (κ1) is 19.8. The monoisotopic (exact) mass is 363 g/mol. The van der Waals surface area contributed by atoms with E-state index in [-0.39, 0.29) is 12.9 Å². The van der Waals surface area contributed by atoms with Gasteiger partial charge in [0.15, 0.2) is 11.9 Å². The van der Waals surface area contributed by atoms with Crippen LogP contribution < -0.4 is 5.43 Å². The number of anilines is 1. The second-order valence-corrected chi connectivity index (χ2v) is 5.53. The van der Waals surface area contributed by atoms with Gasteiger partial charge >= 0.3 is 5.97 Å². The first-order valence-electron chi connectivity index (χ1n) is 8.42. The Kier molecular flexibility index (Phi) is 7.05. The molecular weight excluding hydrogens is 338 g/mol. The van der Waals surface area contributed by atoms with E-state index in [1.54, 1.807) is 32.0 Å². The Labute approximate surface area is 152 Å². The molecule has 0 unspecified atom stereocenters. The Bertz CT molecular complexity index is 783. The lowest BCUT2D eigenvalue weighted by Gasteiger charge is -2.14. The van der Waals surface area contributed by atoms with Crippen molar-refractivity contribution in [1.82, 2.24) is 14.8 Å². The van der Waals surface area contributed by atoms with Gasteiger partial charge in [0.05, 0.1) is 23.9 Å². The lowest BCUT2D eigenvalue weighted by Crippen LogP contribution is -2.17. The third-order valence-corrected chi connectivity index (χ3v) is 3.81. The van der Waals surface area contributed by atoms with E-state index >= 15 is 0 Å². The second-order valence-electron chi connectivity index (χ2n) is 5.53. The van der Waals surface area contributed by atoms with Crippen molar-refractivity contribution in [2.24, 2.45) is 5.10 Å². The molecule has 9 nitrogen and oxygen atoms in total. The van der Waals surface area contributed by atoms with E-state index in [2.05, 4.69) is 20.6 Å². The number of ether oxygens (including phenoxy) is 3. The number of methoxy groups -OCH3 is 2. The van der Waals surface area contributed by atoms with Gasteiger partial charge in [0, 0.05) is 39.1 Å². The SMILES string of the molecule is CCOC(=O)c1cnc2c(cnn2CC)c1NN=C(C)CC(OC)OC. The fraction of sp³-hybridized carbons (Fsp3) is 0.529. The number of hydrogen-bond acceptors (Lipinski definition) is 8. The summed E-state index contributed by atoms with van der Waals surface area (Å²) in [5.41, 5.74) is 5.21. The molecule has 26 heavy (non-hydrogen) atoms. The minimum Gasteiger partial charge on any atom is -0.462 e. The number of fused-ring (bicyclic) bond motifs is 1. The van der Waals surface area contributed by atoms with Crippen molar-refractivity contribution < 1.29 is 19.0 Å². The number of nitrogens with zero attached hydrogens (tertiary/aromatic N) is 4. The lowest BCUT2D eigenvalue weighted by atomic mass is 10.2. The third-order valence-electron chi connectivity index (χ3n) is 3.81. The molecule has 2 rings (SSSR count). The average Bonchev–Trinajstić information content (AvgIpc) is 3.07. The number of aromatic nitrogens is 3. The number of pyridine rings is 1. The molecule has 0 fully saturated rings. The largest absolute Gasteiger partial charge is 0.462 e. The normalized spacial score (nSPS) is 12.0. The maximum Gasteiger partial charge on any atom is 0.341 e. The second kappa shape index (κ2) is 9.25. The predicted octanol–water partition coefficient (Wildman–Crippen LogP) is 2.42. The van der Waals surface area contributed by atoms with Gasteiger partial charge < -0.3 is 14.2 Å². The fourth-order valence-electron chi connectivity index (χ4n) is 2.44. The van der Waals surface area contributed by atoms with Crippen LogP contribution in [0.15, 0.2) is 17.5 Å². The summed E-state index contributed by atoms with van der Waals surface area (Å²) in [6, 6.07) is 0. The first-order valence-corrected chi connectivity index (χ1v) is 8.42. The van der Waals surface area contributed by atoms with Crippen molar-refractivity contribution >= 4 is 28.4 Å². The molecule has 0 amide bonds. The zero-order valence-electron chi connectivity index (χ0n) is 15.8. The van der Waals surface area contributed by atoms with E-state index in [1.165, 1.54) is 6.20 Å². The van der Waals surface area contributed by atoms with Gasteiger partial charge in [-0.3, -0.25) is 5.43 Å². The van der Waals surface area contributed by atoms with E-state index in [1.807, 2.05) is 13.8 Å². The van der Waals surface area contributed by atoms with Crippen LogP contribution in [0.3, 0.4) is 0 Å². The Balaban J connectivity index is 2.40. The number of nitrogens with one attached hydrogen (secondary N) is 1. The molecule has 2 aromatic rings. The van der Waals surface area contributed by atoms with Gasteiger partial charge in [0.25, 0.3) is 0 Å². The van der Waals surface area contributed by atoms with Crippen molar-refractivity contribution in [3.8, 4) is 0 Å². The predicted molar refractivity (Wildman–Crippen MR) is 98.3 cm³/mol. The fourth-order valence-corrected chi connectivity index (χ4v) is 2.44. The van der Waals surface area contributed by atoms with Crippen LogP contribution >= 0.6 is 0 Å². The van der Waals surface area contributed by atoms with Crippen molar-refractivity contribution in [3.05, 3.63) is 18.0 Å². The Hall–Kier alpha value is -2.52. The van der Waals surface area contributed by atoms with Gasteiger partial charge in [-0.05, 0) is 20.8 Å². The zero-order valence-corrected chi connectivity index (χ0v) is 15.8. The molecule has 0 aromatic carbocycles.